The van der Waals surface area contributed by atoms with Crippen molar-refractivity contribution < 1.29 is 9.53 Å². The number of carbonyl (C=O) groups excluding carboxylic acids is 1. The van der Waals surface area contributed by atoms with Gasteiger partial charge in [0.2, 0.25) is 5.91 Å². The number of aromatic nitrogens is 2. The van der Waals surface area contributed by atoms with Gasteiger partial charge in [-0.25, -0.2) is 4.98 Å². The highest BCUT2D eigenvalue weighted by Gasteiger charge is 2.35. The molecule has 0 unspecified atom stereocenters. The fourth-order valence-electron chi connectivity index (χ4n) is 2.81. The first-order valence-corrected chi connectivity index (χ1v) is 8.73. The largest absolute Gasteiger partial charge is 0.381 e. The molecule has 4 rings (SSSR count). The Morgan fingerprint density at radius 2 is 2.04 bits per heavy atom. The third-order valence-electron chi connectivity index (χ3n) is 4.37. The molecule has 0 aliphatic carbocycles. The summed E-state index contributed by atoms with van der Waals surface area (Å²) in [4.78, 5) is 18.0. The Morgan fingerprint density at radius 1 is 1.29 bits per heavy atom. The van der Waals surface area contributed by atoms with Crippen molar-refractivity contribution in [2.45, 2.75) is 18.4 Å². The van der Waals surface area contributed by atoms with E-state index in [-0.39, 0.29) is 5.91 Å². The van der Waals surface area contributed by atoms with Gasteiger partial charge in [0.1, 0.15) is 5.54 Å². The Labute approximate surface area is 143 Å². The molecule has 1 aliphatic heterocycles. The van der Waals surface area contributed by atoms with E-state index in [9.17, 15) is 4.79 Å². The molecule has 3 aromatic rings. The summed E-state index contributed by atoms with van der Waals surface area (Å²) in [7, 11) is 0. The van der Waals surface area contributed by atoms with E-state index in [1.54, 1.807) is 11.3 Å². The minimum absolute atomic E-state index is 0.152. The molecule has 0 saturated carbocycles. The van der Waals surface area contributed by atoms with Gasteiger partial charge in [0.25, 0.3) is 0 Å². The van der Waals surface area contributed by atoms with E-state index in [2.05, 4.69) is 10.3 Å². The van der Waals surface area contributed by atoms with Crippen molar-refractivity contribution in [3.8, 4) is 11.3 Å². The number of nitrogens with one attached hydrogen (secondary N) is 1. The molecule has 2 aromatic heterocycles. The molecule has 0 radical (unpaired) electrons. The van der Waals surface area contributed by atoms with E-state index >= 15 is 0 Å². The molecule has 0 bridgehead atoms. The number of hydrogen-bond donors (Lipinski definition) is 2. The molecule has 1 saturated heterocycles. The molecule has 24 heavy (non-hydrogen) atoms. The van der Waals surface area contributed by atoms with Gasteiger partial charge in [0.15, 0.2) is 4.96 Å². The van der Waals surface area contributed by atoms with Crippen molar-refractivity contribution in [2.75, 3.05) is 18.5 Å². The van der Waals surface area contributed by atoms with E-state index in [0.717, 1.165) is 21.9 Å². The maximum absolute atomic E-state index is 12.4. The predicted molar refractivity (Wildman–Crippen MR) is 94.1 cm³/mol. The number of carbonyl (C=O) groups is 1. The lowest BCUT2D eigenvalue weighted by Gasteiger charge is -2.31. The van der Waals surface area contributed by atoms with E-state index < -0.39 is 5.54 Å². The van der Waals surface area contributed by atoms with Crippen LogP contribution in [-0.4, -0.2) is 34.0 Å². The standard InChI is InChI=1S/C17H18N4O2S/c18-17(5-8-23-9-6-17)15(22)19-13-3-1-12(2-4-13)14-11-21-7-10-24-16(21)20-14/h1-4,7,10-11H,5-6,8-9,18H2,(H,19,22). The Kier molecular flexibility index (Phi) is 3.84. The van der Waals surface area contributed by atoms with E-state index in [0.29, 0.717) is 26.1 Å². The Balaban J connectivity index is 1.49. The Bertz CT molecular complexity index is 834. The number of imidazole rings is 1. The van der Waals surface area contributed by atoms with Gasteiger partial charge in [0, 0.05) is 42.2 Å². The number of nitrogens with zero attached hydrogens (tertiary/aromatic N) is 2. The third kappa shape index (κ3) is 2.82. The molecule has 1 aliphatic rings. The maximum atomic E-state index is 12.4. The average molecular weight is 342 g/mol. The van der Waals surface area contributed by atoms with Gasteiger partial charge < -0.3 is 15.8 Å². The van der Waals surface area contributed by atoms with Crippen LogP contribution in [0.5, 0.6) is 0 Å². The molecular formula is C17H18N4O2S. The lowest BCUT2D eigenvalue weighted by molar-refractivity contribution is -0.124. The first-order valence-electron chi connectivity index (χ1n) is 7.85. The zero-order valence-electron chi connectivity index (χ0n) is 13.1. The smallest absolute Gasteiger partial charge is 0.244 e. The van der Waals surface area contributed by atoms with Crippen molar-refractivity contribution >= 4 is 27.9 Å². The summed E-state index contributed by atoms with van der Waals surface area (Å²) in [6.07, 6.45) is 5.07. The number of fused-ring (bicyclic) bond motifs is 1. The van der Waals surface area contributed by atoms with Crippen molar-refractivity contribution in [2.24, 2.45) is 5.73 Å². The first kappa shape index (κ1) is 15.3. The lowest BCUT2D eigenvalue weighted by atomic mass is 9.90. The molecule has 3 heterocycles. The van der Waals surface area contributed by atoms with Gasteiger partial charge >= 0.3 is 0 Å². The summed E-state index contributed by atoms with van der Waals surface area (Å²) < 4.78 is 7.28. The summed E-state index contributed by atoms with van der Waals surface area (Å²) in [5.74, 6) is -0.152. The number of benzene rings is 1. The predicted octanol–water partition coefficient (Wildman–Crippen LogP) is 2.51. The van der Waals surface area contributed by atoms with Gasteiger partial charge in [-0.05, 0) is 25.0 Å². The van der Waals surface area contributed by atoms with Crippen LogP contribution < -0.4 is 11.1 Å². The van der Waals surface area contributed by atoms with E-state index in [4.69, 9.17) is 10.5 Å². The van der Waals surface area contributed by atoms with Crippen molar-refractivity contribution in [1.29, 1.82) is 0 Å². The number of anilines is 1. The minimum atomic E-state index is -0.842. The van der Waals surface area contributed by atoms with Crippen LogP contribution in [0.1, 0.15) is 12.8 Å². The number of amides is 1. The summed E-state index contributed by atoms with van der Waals surface area (Å²) >= 11 is 1.60. The fraction of sp³-hybridized carbons (Fsp3) is 0.294. The molecule has 7 heteroatoms. The van der Waals surface area contributed by atoms with E-state index in [1.807, 2.05) is 46.4 Å². The monoisotopic (exact) mass is 342 g/mol. The highest BCUT2D eigenvalue weighted by Crippen LogP contribution is 2.24. The Hall–Kier alpha value is -2.22. The molecule has 1 aromatic carbocycles. The van der Waals surface area contributed by atoms with Crippen LogP contribution in [0.15, 0.2) is 42.0 Å². The van der Waals surface area contributed by atoms with Crippen molar-refractivity contribution in [3.05, 3.63) is 42.0 Å². The highest BCUT2D eigenvalue weighted by molar-refractivity contribution is 7.15. The number of thiazole rings is 1. The second-order valence-corrected chi connectivity index (χ2v) is 6.89. The average Bonchev–Trinajstić information content (AvgIpc) is 3.18. The summed E-state index contributed by atoms with van der Waals surface area (Å²) in [6, 6.07) is 7.66. The van der Waals surface area contributed by atoms with Crippen LogP contribution in [0, 0.1) is 0 Å². The van der Waals surface area contributed by atoms with Gasteiger partial charge in [0.05, 0.1) is 5.69 Å². The van der Waals surface area contributed by atoms with Crippen LogP contribution >= 0.6 is 11.3 Å². The Morgan fingerprint density at radius 3 is 2.75 bits per heavy atom. The molecule has 1 amide bonds. The lowest BCUT2D eigenvalue weighted by Crippen LogP contribution is -2.54. The first-order chi connectivity index (χ1) is 11.6. The normalized spacial score (nSPS) is 17.0. The molecule has 0 spiro atoms. The maximum Gasteiger partial charge on any atom is 0.244 e. The van der Waals surface area contributed by atoms with Crippen LogP contribution in [0.4, 0.5) is 5.69 Å². The molecule has 6 nitrogen and oxygen atoms in total. The van der Waals surface area contributed by atoms with E-state index in [1.165, 1.54) is 0 Å². The summed E-state index contributed by atoms with van der Waals surface area (Å²) in [6.45, 7) is 1.06. The summed E-state index contributed by atoms with van der Waals surface area (Å²) in [5, 5.41) is 4.91. The molecule has 124 valence electrons. The third-order valence-corrected chi connectivity index (χ3v) is 5.14. The molecular weight excluding hydrogens is 324 g/mol. The SMILES string of the molecule is NC1(C(=O)Nc2ccc(-c3cn4ccsc4n3)cc2)CCOCC1. The zero-order valence-corrected chi connectivity index (χ0v) is 13.9. The zero-order chi connectivity index (χ0) is 16.6. The minimum Gasteiger partial charge on any atom is -0.381 e. The topological polar surface area (TPSA) is 81.7 Å². The quantitative estimate of drug-likeness (QED) is 0.766. The molecule has 1 fully saturated rings. The van der Waals surface area contributed by atoms with Crippen LogP contribution in [0.25, 0.3) is 16.2 Å². The van der Waals surface area contributed by atoms with Gasteiger partial charge in [-0.15, -0.1) is 11.3 Å². The fourth-order valence-corrected chi connectivity index (χ4v) is 3.51. The number of rotatable bonds is 3. The second-order valence-electron chi connectivity index (χ2n) is 6.02. The molecule has 3 N–H and O–H groups in total. The van der Waals surface area contributed by atoms with Gasteiger partial charge in [-0.2, -0.15) is 0 Å². The summed E-state index contributed by atoms with van der Waals surface area (Å²) in [5.41, 5.74) is 8.02. The highest BCUT2D eigenvalue weighted by atomic mass is 32.1. The van der Waals surface area contributed by atoms with Crippen molar-refractivity contribution in [3.63, 3.8) is 0 Å². The van der Waals surface area contributed by atoms with Crippen molar-refractivity contribution in [1.82, 2.24) is 9.38 Å². The van der Waals surface area contributed by atoms with Crippen LogP contribution in [-0.2, 0) is 9.53 Å². The number of ether oxygens (including phenoxy) is 1. The van der Waals surface area contributed by atoms with Crippen LogP contribution in [0.3, 0.4) is 0 Å². The van der Waals surface area contributed by atoms with Crippen LogP contribution in [0.2, 0.25) is 0 Å². The second kappa shape index (κ2) is 6.01. The number of nitrogens with two attached hydrogens (primary N) is 1. The molecule has 0 atom stereocenters. The van der Waals surface area contributed by atoms with Gasteiger partial charge in [-0.1, -0.05) is 12.1 Å². The number of hydrogen-bond acceptors (Lipinski definition) is 5. The van der Waals surface area contributed by atoms with Gasteiger partial charge in [-0.3, -0.25) is 9.20 Å².